The summed E-state index contributed by atoms with van der Waals surface area (Å²) in [5, 5.41) is 2.55. The van der Waals surface area contributed by atoms with E-state index in [9.17, 15) is 26.4 Å². The summed E-state index contributed by atoms with van der Waals surface area (Å²) in [6, 6.07) is 17.9. The fourth-order valence-electron chi connectivity index (χ4n) is 3.48. The first-order valence-corrected chi connectivity index (χ1v) is 11.4. The molecule has 0 bridgehead atoms. The minimum Gasteiger partial charge on any atom is -0.360 e. The van der Waals surface area contributed by atoms with Crippen molar-refractivity contribution in [1.29, 1.82) is 0 Å². The number of halogens is 3. The molecule has 1 N–H and O–H groups in total. The van der Waals surface area contributed by atoms with Crippen LogP contribution in [0, 0.1) is 6.92 Å². The number of para-hydroxylation sites is 1. The zero-order valence-electron chi connectivity index (χ0n) is 17.4. The van der Waals surface area contributed by atoms with Crippen LogP contribution in [0.15, 0.2) is 83.9 Å². The Bertz CT molecular complexity index is 1350. The van der Waals surface area contributed by atoms with Crippen LogP contribution in [0.5, 0.6) is 0 Å². The van der Waals surface area contributed by atoms with Crippen molar-refractivity contribution in [1.82, 2.24) is 0 Å². The Balaban J connectivity index is 1.74. The Labute approximate surface area is 189 Å². The zero-order valence-corrected chi connectivity index (χ0v) is 18.2. The highest BCUT2D eigenvalue weighted by molar-refractivity contribution is 7.97. The standard InChI is InChI=1S/C24H19F3N2O3S/c1-16-9-11-17(12-10-16)15-29-21-8-3-2-7-20(21)23(30)22(33(29,31)32)14-28-19-6-4-5-18(13-19)24(25,26)27/h2-14,28H,15H2,1H3/b22-14+. The third-order valence-corrected chi connectivity index (χ3v) is 6.98. The summed E-state index contributed by atoms with van der Waals surface area (Å²) >= 11 is 0. The van der Waals surface area contributed by atoms with Gasteiger partial charge in [0.05, 0.1) is 17.8 Å². The lowest BCUT2D eigenvalue weighted by molar-refractivity contribution is -0.137. The van der Waals surface area contributed by atoms with Crippen molar-refractivity contribution >= 4 is 27.2 Å². The van der Waals surface area contributed by atoms with E-state index >= 15 is 0 Å². The third kappa shape index (κ3) is 4.49. The minimum absolute atomic E-state index is 0.00395. The van der Waals surface area contributed by atoms with E-state index in [-0.39, 0.29) is 23.5 Å². The van der Waals surface area contributed by atoms with Crippen LogP contribution < -0.4 is 9.62 Å². The van der Waals surface area contributed by atoms with Gasteiger partial charge in [0.1, 0.15) is 0 Å². The van der Waals surface area contributed by atoms with Gasteiger partial charge in [0, 0.05) is 17.5 Å². The van der Waals surface area contributed by atoms with Gasteiger partial charge in [-0.25, -0.2) is 8.42 Å². The van der Waals surface area contributed by atoms with Crippen LogP contribution in [0.2, 0.25) is 0 Å². The molecule has 3 aromatic rings. The average molecular weight is 472 g/mol. The summed E-state index contributed by atoms with van der Waals surface area (Å²) in [5.41, 5.74) is 1.29. The fraction of sp³-hybridized carbons (Fsp3) is 0.125. The molecule has 1 heterocycles. The number of fused-ring (bicyclic) bond motifs is 1. The summed E-state index contributed by atoms with van der Waals surface area (Å²) in [4.78, 5) is 12.5. The zero-order chi connectivity index (χ0) is 23.8. The molecule has 0 atom stereocenters. The molecule has 0 spiro atoms. The van der Waals surface area contributed by atoms with Gasteiger partial charge in [0.2, 0.25) is 5.78 Å². The van der Waals surface area contributed by atoms with E-state index < -0.39 is 32.5 Å². The van der Waals surface area contributed by atoms with E-state index in [1.165, 1.54) is 18.2 Å². The number of carbonyl (C=O) groups is 1. The molecule has 0 radical (unpaired) electrons. The molecule has 5 nitrogen and oxygen atoms in total. The number of benzene rings is 3. The van der Waals surface area contributed by atoms with Crippen LogP contribution in [-0.4, -0.2) is 14.2 Å². The Hall–Kier alpha value is -3.59. The normalized spacial score (nSPS) is 16.5. The summed E-state index contributed by atoms with van der Waals surface area (Å²) in [6.07, 6.45) is -3.60. The Morgan fingerprint density at radius 2 is 1.67 bits per heavy atom. The fourth-order valence-corrected chi connectivity index (χ4v) is 5.01. The van der Waals surface area contributed by atoms with Crippen LogP contribution in [0.3, 0.4) is 0 Å². The number of ketones is 1. The van der Waals surface area contributed by atoms with Gasteiger partial charge in [-0.15, -0.1) is 0 Å². The van der Waals surface area contributed by atoms with E-state index in [1.54, 1.807) is 30.3 Å². The van der Waals surface area contributed by atoms with E-state index in [2.05, 4.69) is 5.32 Å². The number of allylic oxidation sites excluding steroid dienone is 1. The largest absolute Gasteiger partial charge is 0.416 e. The molecule has 170 valence electrons. The maximum Gasteiger partial charge on any atom is 0.416 e. The van der Waals surface area contributed by atoms with Crippen molar-refractivity contribution < 1.29 is 26.4 Å². The van der Waals surface area contributed by atoms with Gasteiger partial charge in [-0.05, 0) is 42.8 Å². The number of sulfonamides is 1. The predicted octanol–water partition coefficient (Wildman–Crippen LogP) is 5.50. The van der Waals surface area contributed by atoms with E-state index in [4.69, 9.17) is 0 Å². The average Bonchev–Trinajstić information content (AvgIpc) is 2.77. The van der Waals surface area contributed by atoms with Crippen LogP contribution >= 0.6 is 0 Å². The van der Waals surface area contributed by atoms with Gasteiger partial charge in [0.15, 0.2) is 4.91 Å². The molecule has 33 heavy (non-hydrogen) atoms. The van der Waals surface area contributed by atoms with Gasteiger partial charge < -0.3 is 5.32 Å². The van der Waals surface area contributed by atoms with Gasteiger partial charge in [0.25, 0.3) is 10.0 Å². The van der Waals surface area contributed by atoms with E-state index in [0.717, 1.165) is 33.8 Å². The first-order chi connectivity index (χ1) is 15.6. The highest BCUT2D eigenvalue weighted by Crippen LogP contribution is 2.36. The number of hydrogen-bond acceptors (Lipinski definition) is 4. The monoisotopic (exact) mass is 472 g/mol. The summed E-state index contributed by atoms with van der Waals surface area (Å²) in [6.45, 7) is 1.91. The van der Waals surface area contributed by atoms with E-state index in [0.29, 0.717) is 0 Å². The van der Waals surface area contributed by atoms with Gasteiger partial charge >= 0.3 is 6.18 Å². The molecular weight excluding hydrogens is 453 g/mol. The second-order valence-electron chi connectivity index (χ2n) is 7.58. The second kappa shape index (κ2) is 8.40. The molecule has 0 fully saturated rings. The van der Waals surface area contributed by atoms with Gasteiger partial charge in [-0.2, -0.15) is 13.2 Å². The Morgan fingerprint density at radius 3 is 2.36 bits per heavy atom. The van der Waals surface area contributed by atoms with Crippen molar-refractivity contribution in [3.63, 3.8) is 0 Å². The van der Waals surface area contributed by atoms with Crippen molar-refractivity contribution in [2.75, 3.05) is 9.62 Å². The number of nitrogens with one attached hydrogen (secondary N) is 1. The molecule has 9 heteroatoms. The first kappa shape index (κ1) is 22.6. The molecule has 1 aliphatic rings. The quantitative estimate of drug-likeness (QED) is 0.510. The second-order valence-corrected chi connectivity index (χ2v) is 9.41. The summed E-state index contributed by atoms with van der Waals surface area (Å²) in [7, 11) is -4.28. The smallest absolute Gasteiger partial charge is 0.360 e. The van der Waals surface area contributed by atoms with Crippen molar-refractivity contribution in [2.45, 2.75) is 19.6 Å². The number of aryl methyl sites for hydroxylation is 1. The topological polar surface area (TPSA) is 66.5 Å². The lowest BCUT2D eigenvalue weighted by atomic mass is 10.1. The van der Waals surface area contributed by atoms with Gasteiger partial charge in [-0.1, -0.05) is 48.0 Å². The number of nitrogens with zero attached hydrogens (tertiary/aromatic N) is 1. The van der Waals surface area contributed by atoms with Crippen molar-refractivity contribution in [3.8, 4) is 0 Å². The third-order valence-electron chi connectivity index (χ3n) is 5.22. The number of carbonyl (C=O) groups excluding carboxylic acids is 1. The Kier molecular flexibility index (Phi) is 5.75. The van der Waals surface area contributed by atoms with Crippen molar-refractivity contribution in [2.24, 2.45) is 0 Å². The molecule has 0 unspecified atom stereocenters. The lowest BCUT2D eigenvalue weighted by Crippen LogP contribution is -2.39. The maximum absolute atomic E-state index is 13.4. The Morgan fingerprint density at radius 1 is 0.970 bits per heavy atom. The number of alkyl halides is 3. The first-order valence-electron chi connectivity index (χ1n) is 9.93. The van der Waals surface area contributed by atoms with Crippen molar-refractivity contribution in [3.05, 3.63) is 106 Å². The highest BCUT2D eigenvalue weighted by atomic mass is 32.2. The van der Waals surface area contributed by atoms with Crippen LogP contribution in [0.25, 0.3) is 0 Å². The highest BCUT2D eigenvalue weighted by Gasteiger charge is 2.40. The minimum atomic E-state index is -4.55. The van der Waals surface area contributed by atoms with Crippen LogP contribution in [0.4, 0.5) is 24.5 Å². The molecule has 0 saturated carbocycles. The molecule has 0 amide bonds. The SMILES string of the molecule is Cc1ccc(CN2c3ccccc3C(=O)/C(=C\Nc3cccc(C(F)(F)F)c3)S2(=O)=O)cc1. The number of Topliss-reactive ketones (excluding diaryl/α,β-unsaturated/α-hetero) is 1. The lowest BCUT2D eigenvalue weighted by Gasteiger charge is -2.31. The number of hydrogen-bond donors (Lipinski definition) is 1. The molecule has 4 rings (SSSR count). The van der Waals surface area contributed by atoms with Crippen LogP contribution in [0.1, 0.15) is 27.0 Å². The molecule has 0 aliphatic carbocycles. The molecule has 0 aromatic heterocycles. The van der Waals surface area contributed by atoms with Gasteiger partial charge in [-0.3, -0.25) is 9.10 Å². The number of anilines is 2. The molecule has 3 aromatic carbocycles. The van der Waals surface area contributed by atoms with Crippen LogP contribution in [-0.2, 0) is 22.7 Å². The molecule has 0 saturated heterocycles. The molecule has 1 aliphatic heterocycles. The predicted molar refractivity (Wildman–Crippen MR) is 120 cm³/mol. The summed E-state index contributed by atoms with van der Waals surface area (Å²) in [5.74, 6) is -0.731. The maximum atomic E-state index is 13.4. The molecular formula is C24H19F3N2O3S. The van der Waals surface area contributed by atoms with E-state index in [1.807, 2.05) is 19.1 Å². The number of rotatable bonds is 4. The summed E-state index contributed by atoms with van der Waals surface area (Å²) < 4.78 is 67.0.